The molecule has 0 aliphatic heterocycles. The lowest BCUT2D eigenvalue weighted by molar-refractivity contribution is 0.416. The molecule has 1 radical (unpaired) electrons. The maximum atomic E-state index is 6.33. The number of halogens is 1. The Hall–Kier alpha value is -3.05. The first-order chi connectivity index (χ1) is 12.3. The smallest absolute Gasteiger partial charge is 0.229 e. The fourth-order valence-electron chi connectivity index (χ4n) is 2.66. The third-order valence-electron chi connectivity index (χ3n) is 3.82. The van der Waals surface area contributed by atoms with Crippen LogP contribution in [0, 0.1) is 6.07 Å². The van der Waals surface area contributed by atoms with E-state index in [-0.39, 0.29) is 0 Å². The van der Waals surface area contributed by atoms with Crippen molar-refractivity contribution in [1.82, 2.24) is 15.0 Å². The van der Waals surface area contributed by atoms with Gasteiger partial charge in [-0.25, -0.2) is 4.98 Å². The molecule has 6 heteroatoms. The second kappa shape index (κ2) is 6.45. The number of H-pyrrole nitrogens is 1. The summed E-state index contributed by atoms with van der Waals surface area (Å²) in [6.45, 7) is 0. The van der Waals surface area contributed by atoms with Gasteiger partial charge in [0.25, 0.3) is 0 Å². The molecule has 4 rings (SSSR count). The van der Waals surface area contributed by atoms with Crippen LogP contribution >= 0.6 is 11.6 Å². The van der Waals surface area contributed by atoms with E-state index in [0.29, 0.717) is 22.4 Å². The lowest BCUT2D eigenvalue weighted by Gasteiger charge is -2.11. The average Bonchev–Trinajstić information content (AvgIpc) is 3.03. The number of benzene rings is 2. The predicted molar refractivity (Wildman–Crippen MR) is 99.4 cm³/mol. The van der Waals surface area contributed by atoms with Gasteiger partial charge in [-0.05, 0) is 18.2 Å². The van der Waals surface area contributed by atoms with Gasteiger partial charge in [-0.3, -0.25) is 0 Å². The first kappa shape index (κ1) is 15.5. The molecule has 0 fully saturated rings. The maximum Gasteiger partial charge on any atom is 0.229 e. The molecule has 4 aromatic rings. The lowest BCUT2D eigenvalue weighted by atomic mass is 10.1. The van der Waals surface area contributed by atoms with Crippen LogP contribution in [-0.2, 0) is 0 Å². The van der Waals surface area contributed by atoms with Gasteiger partial charge in [0.15, 0.2) is 0 Å². The standard InChI is InChI=1S/C19H14ClN4O/c1-25-15-10-6-5-9-14(15)22-19-23-17(12-7-3-2-4-8-12)16-13(20)11-21-18(16)24-19/h2-5,7-11H,1H3,(H2,21,22,23,24). The Labute approximate surface area is 149 Å². The molecule has 2 aromatic carbocycles. The Morgan fingerprint density at radius 2 is 2.00 bits per heavy atom. The molecule has 0 saturated carbocycles. The van der Waals surface area contributed by atoms with E-state index in [1.165, 1.54) is 0 Å². The topological polar surface area (TPSA) is 62.8 Å². The minimum atomic E-state index is 0.453. The summed E-state index contributed by atoms with van der Waals surface area (Å²) in [5, 5.41) is 4.59. The molecule has 0 saturated heterocycles. The zero-order chi connectivity index (χ0) is 17.2. The van der Waals surface area contributed by atoms with Crippen LogP contribution in [0.2, 0.25) is 5.02 Å². The van der Waals surface area contributed by atoms with Gasteiger partial charge < -0.3 is 15.0 Å². The minimum Gasteiger partial charge on any atom is -0.495 e. The summed E-state index contributed by atoms with van der Waals surface area (Å²) in [5.41, 5.74) is 3.16. The highest BCUT2D eigenvalue weighted by Crippen LogP contribution is 2.33. The van der Waals surface area contributed by atoms with Crippen LogP contribution < -0.4 is 10.1 Å². The molecule has 0 aliphatic carbocycles. The summed E-state index contributed by atoms with van der Waals surface area (Å²) in [6, 6.07) is 18.3. The fourth-order valence-corrected chi connectivity index (χ4v) is 2.90. The second-order valence-corrected chi connectivity index (χ2v) is 5.78. The molecule has 0 aliphatic rings. The van der Waals surface area contributed by atoms with E-state index in [1.807, 2.05) is 36.4 Å². The van der Waals surface area contributed by atoms with E-state index in [9.17, 15) is 0 Å². The molecular formula is C19H14ClN4O. The number of nitrogens with one attached hydrogen (secondary N) is 2. The van der Waals surface area contributed by atoms with Gasteiger partial charge in [0, 0.05) is 11.8 Å². The van der Waals surface area contributed by atoms with Gasteiger partial charge in [0.2, 0.25) is 5.95 Å². The Bertz CT molecular complexity index is 1030. The van der Waals surface area contributed by atoms with Gasteiger partial charge >= 0.3 is 0 Å². The highest BCUT2D eigenvalue weighted by molar-refractivity contribution is 6.36. The largest absolute Gasteiger partial charge is 0.495 e. The molecule has 2 N–H and O–H groups in total. The first-order valence-electron chi connectivity index (χ1n) is 7.67. The molecule has 123 valence electrons. The van der Waals surface area contributed by atoms with Crippen LogP contribution in [0.3, 0.4) is 0 Å². The Morgan fingerprint density at radius 1 is 1.16 bits per heavy atom. The maximum absolute atomic E-state index is 6.33. The highest BCUT2D eigenvalue weighted by atomic mass is 35.5. The van der Waals surface area contributed by atoms with Crippen molar-refractivity contribution in [3.05, 3.63) is 65.8 Å². The molecule has 0 atom stereocenters. The summed E-state index contributed by atoms with van der Waals surface area (Å²) in [7, 11) is 1.61. The van der Waals surface area contributed by atoms with Crippen molar-refractivity contribution in [2.24, 2.45) is 0 Å². The summed E-state index contributed by atoms with van der Waals surface area (Å²) < 4.78 is 5.35. The molecule has 5 nitrogen and oxygen atoms in total. The molecular weight excluding hydrogens is 336 g/mol. The second-order valence-electron chi connectivity index (χ2n) is 5.37. The van der Waals surface area contributed by atoms with Crippen LogP contribution in [0.1, 0.15) is 0 Å². The number of anilines is 2. The van der Waals surface area contributed by atoms with E-state index < -0.39 is 0 Å². The zero-order valence-corrected chi connectivity index (χ0v) is 14.1. The molecule has 0 spiro atoms. The Kier molecular flexibility index (Phi) is 3.99. The quantitative estimate of drug-likeness (QED) is 0.554. The van der Waals surface area contributed by atoms with Gasteiger partial charge in [-0.15, -0.1) is 0 Å². The number of methoxy groups -OCH3 is 1. The number of ether oxygens (including phenoxy) is 1. The number of hydrogen-bond acceptors (Lipinski definition) is 4. The third-order valence-corrected chi connectivity index (χ3v) is 4.12. The highest BCUT2D eigenvalue weighted by Gasteiger charge is 2.15. The van der Waals surface area contributed by atoms with Gasteiger partial charge in [0.1, 0.15) is 11.4 Å². The molecule has 2 aromatic heterocycles. The van der Waals surface area contributed by atoms with Crippen molar-refractivity contribution in [3.63, 3.8) is 0 Å². The lowest BCUT2D eigenvalue weighted by Crippen LogP contribution is -2.01. The van der Waals surface area contributed by atoms with Crippen molar-refractivity contribution in [2.45, 2.75) is 0 Å². The monoisotopic (exact) mass is 349 g/mol. The van der Waals surface area contributed by atoms with Gasteiger partial charge in [-0.1, -0.05) is 48.0 Å². The van der Waals surface area contributed by atoms with Crippen LogP contribution in [-0.4, -0.2) is 22.1 Å². The van der Waals surface area contributed by atoms with Crippen LogP contribution in [0.5, 0.6) is 5.75 Å². The normalized spacial score (nSPS) is 10.8. The number of fused-ring (bicyclic) bond motifs is 1. The number of aromatic nitrogens is 3. The summed E-state index contributed by atoms with van der Waals surface area (Å²) in [4.78, 5) is 12.3. The van der Waals surface area contributed by atoms with Crippen molar-refractivity contribution >= 4 is 34.3 Å². The Balaban J connectivity index is 1.86. The van der Waals surface area contributed by atoms with Gasteiger partial charge in [0.05, 0.1) is 28.9 Å². The minimum absolute atomic E-state index is 0.453. The van der Waals surface area contributed by atoms with E-state index in [4.69, 9.17) is 16.3 Å². The summed E-state index contributed by atoms with van der Waals surface area (Å²) >= 11 is 6.33. The fraction of sp³-hybridized carbons (Fsp3) is 0.0526. The number of hydrogen-bond donors (Lipinski definition) is 2. The van der Waals surface area contributed by atoms with Gasteiger partial charge in [-0.2, -0.15) is 4.98 Å². The molecule has 0 bridgehead atoms. The number of rotatable bonds is 4. The van der Waals surface area contributed by atoms with Crippen molar-refractivity contribution < 1.29 is 4.74 Å². The molecule has 25 heavy (non-hydrogen) atoms. The summed E-state index contributed by atoms with van der Waals surface area (Å²) in [6.07, 6.45) is 1.72. The SMILES string of the molecule is COc1c[c]ccc1Nc1nc(-c2ccccc2)c2c(Cl)c[nH]c2n1. The van der Waals surface area contributed by atoms with Crippen LogP contribution in [0.15, 0.2) is 54.7 Å². The van der Waals surface area contributed by atoms with Crippen LogP contribution in [0.4, 0.5) is 11.6 Å². The van der Waals surface area contributed by atoms with E-state index in [0.717, 1.165) is 22.3 Å². The van der Waals surface area contributed by atoms with E-state index >= 15 is 0 Å². The van der Waals surface area contributed by atoms with E-state index in [1.54, 1.807) is 25.4 Å². The zero-order valence-electron chi connectivity index (χ0n) is 13.4. The van der Waals surface area contributed by atoms with Crippen LogP contribution in [0.25, 0.3) is 22.3 Å². The first-order valence-corrected chi connectivity index (χ1v) is 8.05. The third kappa shape index (κ3) is 2.90. The number of nitrogens with zero attached hydrogens (tertiary/aromatic N) is 2. The van der Waals surface area contributed by atoms with E-state index in [2.05, 4.69) is 26.3 Å². The van der Waals surface area contributed by atoms with Crippen molar-refractivity contribution in [2.75, 3.05) is 12.4 Å². The average molecular weight is 350 g/mol. The molecule has 0 unspecified atom stereocenters. The van der Waals surface area contributed by atoms with Crippen molar-refractivity contribution in [1.29, 1.82) is 0 Å². The van der Waals surface area contributed by atoms with Crippen molar-refractivity contribution in [3.8, 4) is 17.0 Å². The molecule has 0 amide bonds. The molecule has 2 heterocycles. The predicted octanol–water partition coefficient (Wildman–Crippen LogP) is 4.83. The number of aromatic amines is 1. The summed E-state index contributed by atoms with van der Waals surface area (Å²) in [5.74, 6) is 1.12. The Morgan fingerprint density at radius 3 is 2.80 bits per heavy atom.